The molecule has 0 atom stereocenters. The van der Waals surface area contributed by atoms with Gasteiger partial charge in [-0.05, 0) is 60.5 Å². The Morgan fingerprint density at radius 1 is 0.900 bits per heavy atom. The van der Waals surface area contributed by atoms with Gasteiger partial charge in [0.05, 0.1) is 19.4 Å². The molecular weight excluding hydrogens is 380 g/mol. The van der Waals surface area contributed by atoms with E-state index in [1.165, 1.54) is 0 Å². The Bertz CT molecular complexity index is 897. The molecule has 0 bridgehead atoms. The van der Waals surface area contributed by atoms with E-state index in [0.29, 0.717) is 32.6 Å². The third-order valence-electron chi connectivity index (χ3n) is 4.40. The molecule has 0 saturated heterocycles. The number of benzene rings is 2. The molecule has 1 aromatic heterocycles. The van der Waals surface area contributed by atoms with E-state index < -0.39 is 0 Å². The minimum Gasteiger partial charge on any atom is -0.497 e. The lowest BCUT2D eigenvalue weighted by Crippen LogP contribution is -2.22. The van der Waals surface area contributed by atoms with E-state index in [0.717, 1.165) is 28.5 Å². The van der Waals surface area contributed by atoms with E-state index in [2.05, 4.69) is 10.3 Å². The fourth-order valence-electron chi connectivity index (χ4n) is 2.73. The maximum Gasteiger partial charge on any atom is 0.220 e. The topological polar surface area (TPSA) is 69.7 Å². The number of amides is 1. The summed E-state index contributed by atoms with van der Waals surface area (Å²) in [6.45, 7) is 1.40. The molecule has 1 heterocycles. The minimum atomic E-state index is 0.00353. The number of carbonyl (C=O) groups is 1. The van der Waals surface area contributed by atoms with Crippen LogP contribution in [0.15, 0.2) is 72.9 Å². The first-order valence-electron chi connectivity index (χ1n) is 9.88. The number of methoxy groups -OCH3 is 1. The Labute approximate surface area is 176 Å². The number of aromatic nitrogens is 1. The highest BCUT2D eigenvalue weighted by Gasteiger charge is 2.03. The van der Waals surface area contributed by atoms with Crippen LogP contribution >= 0.6 is 0 Å². The van der Waals surface area contributed by atoms with Gasteiger partial charge in [0.15, 0.2) is 0 Å². The van der Waals surface area contributed by atoms with Crippen LogP contribution in [0.1, 0.15) is 24.1 Å². The van der Waals surface area contributed by atoms with Crippen molar-refractivity contribution in [2.45, 2.75) is 26.0 Å². The SMILES string of the molecule is COc1ccc(OCCCC(=O)NCc2ccc(OCc3ccccn3)cc2)cc1. The maximum atomic E-state index is 12.0. The van der Waals surface area contributed by atoms with E-state index in [1.54, 1.807) is 13.3 Å². The van der Waals surface area contributed by atoms with E-state index in [1.807, 2.05) is 66.7 Å². The van der Waals surface area contributed by atoms with Crippen molar-refractivity contribution in [2.75, 3.05) is 13.7 Å². The van der Waals surface area contributed by atoms with Crippen LogP contribution in [0.3, 0.4) is 0 Å². The number of pyridine rings is 1. The lowest BCUT2D eigenvalue weighted by molar-refractivity contribution is -0.121. The van der Waals surface area contributed by atoms with Gasteiger partial charge in [0.1, 0.15) is 23.9 Å². The summed E-state index contributed by atoms with van der Waals surface area (Å²) in [6, 6.07) is 20.8. The quantitative estimate of drug-likeness (QED) is 0.485. The molecule has 0 spiro atoms. The normalized spacial score (nSPS) is 10.3. The highest BCUT2D eigenvalue weighted by Crippen LogP contribution is 2.17. The van der Waals surface area contributed by atoms with Gasteiger partial charge in [0, 0.05) is 19.2 Å². The number of hydrogen-bond acceptors (Lipinski definition) is 5. The van der Waals surface area contributed by atoms with Crippen molar-refractivity contribution in [2.24, 2.45) is 0 Å². The summed E-state index contributed by atoms with van der Waals surface area (Å²) in [4.78, 5) is 16.3. The minimum absolute atomic E-state index is 0.00353. The molecule has 0 aliphatic rings. The van der Waals surface area contributed by atoms with Crippen molar-refractivity contribution >= 4 is 5.91 Å². The van der Waals surface area contributed by atoms with Gasteiger partial charge in [0.25, 0.3) is 0 Å². The molecule has 2 aromatic carbocycles. The first-order valence-corrected chi connectivity index (χ1v) is 9.88. The van der Waals surface area contributed by atoms with Gasteiger partial charge in [-0.25, -0.2) is 0 Å². The zero-order valence-corrected chi connectivity index (χ0v) is 17.0. The van der Waals surface area contributed by atoms with Crippen LogP contribution in [0.4, 0.5) is 0 Å². The molecule has 30 heavy (non-hydrogen) atoms. The molecule has 3 rings (SSSR count). The molecule has 0 aliphatic carbocycles. The smallest absolute Gasteiger partial charge is 0.220 e. The molecule has 1 amide bonds. The number of nitrogens with zero attached hydrogens (tertiary/aromatic N) is 1. The molecule has 6 heteroatoms. The van der Waals surface area contributed by atoms with Gasteiger partial charge in [-0.2, -0.15) is 0 Å². The Kier molecular flexibility index (Phi) is 8.09. The van der Waals surface area contributed by atoms with Crippen molar-refractivity contribution in [3.05, 3.63) is 84.2 Å². The number of rotatable bonds is 11. The molecule has 0 saturated carbocycles. The zero-order valence-electron chi connectivity index (χ0n) is 17.0. The zero-order chi connectivity index (χ0) is 21.0. The second-order valence-corrected chi connectivity index (χ2v) is 6.66. The largest absolute Gasteiger partial charge is 0.497 e. The molecular formula is C24H26N2O4. The van der Waals surface area contributed by atoms with Crippen molar-refractivity contribution in [1.82, 2.24) is 10.3 Å². The van der Waals surface area contributed by atoms with Crippen LogP contribution in [0.2, 0.25) is 0 Å². The number of hydrogen-bond donors (Lipinski definition) is 1. The predicted molar refractivity (Wildman–Crippen MR) is 115 cm³/mol. The Hall–Kier alpha value is -3.54. The van der Waals surface area contributed by atoms with Crippen LogP contribution in [0, 0.1) is 0 Å². The third kappa shape index (κ3) is 7.13. The molecule has 0 aliphatic heterocycles. The second kappa shape index (κ2) is 11.5. The predicted octanol–water partition coefficient (Wildman–Crippen LogP) is 4.14. The Morgan fingerprint density at radius 2 is 1.60 bits per heavy atom. The molecule has 0 unspecified atom stereocenters. The lowest BCUT2D eigenvalue weighted by Gasteiger charge is -2.09. The van der Waals surface area contributed by atoms with Crippen molar-refractivity contribution in [1.29, 1.82) is 0 Å². The number of nitrogens with one attached hydrogen (secondary N) is 1. The van der Waals surface area contributed by atoms with Crippen LogP contribution in [0.25, 0.3) is 0 Å². The van der Waals surface area contributed by atoms with Crippen LogP contribution in [-0.2, 0) is 17.9 Å². The lowest BCUT2D eigenvalue weighted by atomic mass is 10.2. The maximum absolute atomic E-state index is 12.0. The average molecular weight is 406 g/mol. The number of carbonyl (C=O) groups excluding carboxylic acids is 1. The Balaban J connectivity index is 1.31. The highest BCUT2D eigenvalue weighted by molar-refractivity contribution is 5.75. The van der Waals surface area contributed by atoms with Gasteiger partial charge in [-0.3, -0.25) is 9.78 Å². The summed E-state index contributed by atoms with van der Waals surface area (Å²) >= 11 is 0. The van der Waals surface area contributed by atoms with Crippen LogP contribution in [-0.4, -0.2) is 24.6 Å². The Morgan fingerprint density at radius 3 is 2.30 bits per heavy atom. The molecule has 1 N–H and O–H groups in total. The highest BCUT2D eigenvalue weighted by atomic mass is 16.5. The van der Waals surface area contributed by atoms with E-state index in [-0.39, 0.29) is 5.91 Å². The van der Waals surface area contributed by atoms with Crippen LogP contribution < -0.4 is 19.5 Å². The van der Waals surface area contributed by atoms with Crippen molar-refractivity contribution in [3.8, 4) is 17.2 Å². The summed E-state index contributed by atoms with van der Waals surface area (Å²) in [5.41, 5.74) is 1.90. The molecule has 6 nitrogen and oxygen atoms in total. The van der Waals surface area contributed by atoms with Crippen molar-refractivity contribution < 1.29 is 19.0 Å². The van der Waals surface area contributed by atoms with E-state index in [9.17, 15) is 4.79 Å². The monoisotopic (exact) mass is 406 g/mol. The fourth-order valence-corrected chi connectivity index (χ4v) is 2.73. The summed E-state index contributed by atoms with van der Waals surface area (Å²) in [5.74, 6) is 2.33. The van der Waals surface area contributed by atoms with E-state index >= 15 is 0 Å². The number of ether oxygens (including phenoxy) is 3. The summed E-state index contributed by atoms with van der Waals surface area (Å²) in [7, 11) is 1.63. The van der Waals surface area contributed by atoms with Crippen LogP contribution in [0.5, 0.6) is 17.2 Å². The fraction of sp³-hybridized carbons (Fsp3) is 0.250. The van der Waals surface area contributed by atoms with Gasteiger partial charge >= 0.3 is 0 Å². The van der Waals surface area contributed by atoms with Crippen molar-refractivity contribution in [3.63, 3.8) is 0 Å². The van der Waals surface area contributed by atoms with Gasteiger partial charge in [-0.1, -0.05) is 18.2 Å². The van der Waals surface area contributed by atoms with Gasteiger partial charge in [0.2, 0.25) is 5.91 Å². The molecule has 3 aromatic rings. The molecule has 156 valence electrons. The first kappa shape index (κ1) is 21.2. The van der Waals surface area contributed by atoms with Gasteiger partial charge < -0.3 is 19.5 Å². The second-order valence-electron chi connectivity index (χ2n) is 6.66. The average Bonchev–Trinajstić information content (AvgIpc) is 2.81. The summed E-state index contributed by atoms with van der Waals surface area (Å²) < 4.78 is 16.5. The molecule has 0 radical (unpaired) electrons. The first-order chi connectivity index (χ1) is 14.7. The van der Waals surface area contributed by atoms with E-state index in [4.69, 9.17) is 14.2 Å². The standard InChI is InChI=1S/C24H26N2O4/c1-28-21-11-13-22(14-12-21)29-16-4-6-24(27)26-17-19-7-9-23(10-8-19)30-18-20-5-2-3-15-25-20/h2-3,5,7-15H,4,6,16-18H2,1H3,(H,26,27). The summed E-state index contributed by atoms with van der Waals surface area (Å²) in [5, 5.41) is 2.93. The molecule has 0 fully saturated rings. The third-order valence-corrected chi connectivity index (χ3v) is 4.40. The van der Waals surface area contributed by atoms with Gasteiger partial charge in [-0.15, -0.1) is 0 Å². The summed E-state index contributed by atoms with van der Waals surface area (Å²) in [6.07, 6.45) is 2.81.